The molecule has 1 aromatic carbocycles. The van der Waals surface area contributed by atoms with Crippen LogP contribution in [0.4, 0.5) is 0 Å². The summed E-state index contributed by atoms with van der Waals surface area (Å²) in [4.78, 5) is 11.7. The fourth-order valence-electron chi connectivity index (χ4n) is 1.55. The maximum absolute atomic E-state index is 11.7. The smallest absolute Gasteiger partial charge is 0.324 e. The highest BCUT2D eigenvalue weighted by Crippen LogP contribution is 2.12. The van der Waals surface area contributed by atoms with E-state index in [9.17, 15) is 4.79 Å². The minimum atomic E-state index is -0.174. The van der Waals surface area contributed by atoms with Gasteiger partial charge in [-0.25, -0.2) is 0 Å². The molecule has 3 nitrogen and oxygen atoms in total. The average molecular weight is 272 g/mol. The lowest BCUT2D eigenvalue weighted by molar-refractivity contribution is -0.146. The van der Waals surface area contributed by atoms with E-state index in [2.05, 4.69) is 5.32 Å². The molecule has 1 fully saturated rings. The zero-order chi connectivity index (χ0) is 12.1. The van der Waals surface area contributed by atoms with Crippen molar-refractivity contribution in [3.05, 3.63) is 34.9 Å². The van der Waals surface area contributed by atoms with Crippen LogP contribution in [-0.2, 0) is 16.1 Å². The van der Waals surface area contributed by atoms with Crippen LogP contribution in [0, 0.1) is 0 Å². The summed E-state index contributed by atoms with van der Waals surface area (Å²) in [5.41, 5.74) is 0.950. The van der Waals surface area contributed by atoms with Gasteiger partial charge in [-0.3, -0.25) is 4.79 Å². The molecule has 17 heavy (non-hydrogen) atoms. The van der Waals surface area contributed by atoms with Gasteiger partial charge in [0.15, 0.2) is 0 Å². The molecule has 2 rings (SSSR count). The third kappa shape index (κ3) is 3.91. The minimum absolute atomic E-state index is 0.166. The predicted molar refractivity (Wildman–Crippen MR) is 70.4 cm³/mol. The van der Waals surface area contributed by atoms with E-state index in [0.29, 0.717) is 11.6 Å². The Morgan fingerprint density at radius 3 is 2.88 bits per heavy atom. The van der Waals surface area contributed by atoms with Crippen molar-refractivity contribution in [3.63, 3.8) is 0 Å². The third-order valence-electron chi connectivity index (χ3n) is 2.50. The molecule has 0 amide bonds. The molecule has 1 unspecified atom stereocenters. The predicted octanol–water partition coefficient (Wildman–Crippen LogP) is 2.09. The summed E-state index contributed by atoms with van der Waals surface area (Å²) in [6.07, 6.45) is 0. The number of benzene rings is 1. The summed E-state index contributed by atoms with van der Waals surface area (Å²) in [6, 6.07) is 7.14. The fraction of sp³-hybridized carbons (Fsp3) is 0.417. The zero-order valence-electron chi connectivity index (χ0n) is 9.32. The first-order chi connectivity index (χ1) is 8.25. The highest BCUT2D eigenvalue weighted by atomic mass is 35.5. The van der Waals surface area contributed by atoms with Crippen molar-refractivity contribution in [1.82, 2.24) is 5.32 Å². The van der Waals surface area contributed by atoms with Crippen LogP contribution in [0.3, 0.4) is 0 Å². The largest absolute Gasteiger partial charge is 0.460 e. The monoisotopic (exact) mass is 271 g/mol. The number of carbonyl (C=O) groups is 1. The first-order valence-corrected chi connectivity index (χ1v) is 7.01. The summed E-state index contributed by atoms with van der Waals surface area (Å²) in [5.74, 6) is 1.67. The molecule has 0 aromatic heterocycles. The average Bonchev–Trinajstić information content (AvgIpc) is 2.39. The van der Waals surface area contributed by atoms with Gasteiger partial charge in [0.05, 0.1) is 0 Å². The summed E-state index contributed by atoms with van der Waals surface area (Å²) in [6.45, 7) is 1.17. The van der Waals surface area contributed by atoms with Crippen LogP contribution in [0.5, 0.6) is 0 Å². The Morgan fingerprint density at radius 2 is 2.24 bits per heavy atom. The van der Waals surface area contributed by atoms with E-state index in [1.54, 1.807) is 23.9 Å². The van der Waals surface area contributed by atoms with Crippen LogP contribution in [-0.4, -0.2) is 30.1 Å². The summed E-state index contributed by atoms with van der Waals surface area (Å²) >= 11 is 7.55. The van der Waals surface area contributed by atoms with Crippen LogP contribution in [0.25, 0.3) is 0 Å². The molecule has 0 bridgehead atoms. The van der Waals surface area contributed by atoms with Crippen LogP contribution in [0.2, 0.25) is 5.02 Å². The number of nitrogens with one attached hydrogen (secondary N) is 1. The van der Waals surface area contributed by atoms with Gasteiger partial charge in [0.1, 0.15) is 12.6 Å². The molecule has 0 aliphatic carbocycles. The molecule has 1 atom stereocenters. The van der Waals surface area contributed by atoms with Crippen LogP contribution in [0.15, 0.2) is 24.3 Å². The zero-order valence-corrected chi connectivity index (χ0v) is 10.9. The molecule has 1 aliphatic rings. The van der Waals surface area contributed by atoms with Crippen LogP contribution < -0.4 is 5.32 Å². The van der Waals surface area contributed by atoms with Gasteiger partial charge in [0.2, 0.25) is 0 Å². The standard InChI is InChI=1S/C12H14ClNO2S/c13-10-3-1-9(2-4-10)7-16-12(15)11-8-17-6-5-14-11/h1-4,11,14H,5-8H2. The second-order valence-electron chi connectivity index (χ2n) is 3.82. The van der Waals surface area contributed by atoms with Crippen molar-refractivity contribution in [2.24, 2.45) is 0 Å². The van der Waals surface area contributed by atoms with E-state index < -0.39 is 0 Å². The maximum atomic E-state index is 11.7. The summed E-state index contributed by atoms with van der Waals surface area (Å²) in [5, 5.41) is 3.83. The summed E-state index contributed by atoms with van der Waals surface area (Å²) < 4.78 is 5.25. The van der Waals surface area contributed by atoms with Gasteiger partial charge in [0, 0.05) is 23.1 Å². The van der Waals surface area contributed by atoms with Crippen LogP contribution >= 0.6 is 23.4 Å². The first kappa shape index (κ1) is 12.7. The lowest BCUT2D eigenvalue weighted by atomic mass is 10.2. The molecular weight excluding hydrogens is 258 g/mol. The van der Waals surface area contributed by atoms with E-state index in [1.165, 1.54) is 0 Å². The van der Waals surface area contributed by atoms with Gasteiger partial charge in [-0.2, -0.15) is 11.8 Å². The number of ether oxygens (including phenoxy) is 1. The molecule has 1 heterocycles. The number of hydrogen-bond acceptors (Lipinski definition) is 4. The SMILES string of the molecule is O=C(OCc1ccc(Cl)cc1)C1CSCCN1. The van der Waals surface area contributed by atoms with Crippen molar-refractivity contribution in [3.8, 4) is 0 Å². The Balaban J connectivity index is 1.81. The van der Waals surface area contributed by atoms with Crippen molar-refractivity contribution < 1.29 is 9.53 Å². The quantitative estimate of drug-likeness (QED) is 0.855. The Kier molecular flexibility index (Phi) is 4.71. The fourth-order valence-corrected chi connectivity index (χ4v) is 2.60. The van der Waals surface area contributed by atoms with E-state index in [-0.39, 0.29) is 12.0 Å². The number of carbonyl (C=O) groups excluding carboxylic acids is 1. The second-order valence-corrected chi connectivity index (χ2v) is 5.40. The second kappa shape index (κ2) is 6.28. The molecule has 0 saturated carbocycles. The molecule has 5 heteroatoms. The number of hydrogen-bond donors (Lipinski definition) is 1. The molecule has 92 valence electrons. The molecule has 1 saturated heterocycles. The highest BCUT2D eigenvalue weighted by Gasteiger charge is 2.22. The number of esters is 1. The summed E-state index contributed by atoms with van der Waals surface area (Å²) in [7, 11) is 0. The molecule has 1 N–H and O–H groups in total. The Hall–Kier alpha value is -0.710. The molecule has 0 radical (unpaired) electrons. The molecule has 1 aromatic rings. The lowest BCUT2D eigenvalue weighted by Crippen LogP contribution is -2.44. The third-order valence-corrected chi connectivity index (χ3v) is 3.81. The van der Waals surface area contributed by atoms with Gasteiger partial charge in [-0.05, 0) is 17.7 Å². The van der Waals surface area contributed by atoms with Gasteiger partial charge in [0.25, 0.3) is 0 Å². The van der Waals surface area contributed by atoms with E-state index in [0.717, 1.165) is 23.6 Å². The van der Waals surface area contributed by atoms with Crippen LogP contribution in [0.1, 0.15) is 5.56 Å². The molecular formula is C12H14ClNO2S. The van der Waals surface area contributed by atoms with Gasteiger partial charge < -0.3 is 10.1 Å². The maximum Gasteiger partial charge on any atom is 0.324 e. The number of rotatable bonds is 3. The first-order valence-electron chi connectivity index (χ1n) is 5.48. The van der Waals surface area contributed by atoms with Crippen molar-refractivity contribution >= 4 is 29.3 Å². The van der Waals surface area contributed by atoms with Crippen molar-refractivity contribution in [2.75, 3.05) is 18.1 Å². The van der Waals surface area contributed by atoms with Gasteiger partial charge in [-0.1, -0.05) is 23.7 Å². The van der Waals surface area contributed by atoms with Gasteiger partial charge >= 0.3 is 5.97 Å². The van der Waals surface area contributed by atoms with E-state index in [4.69, 9.17) is 16.3 Å². The molecule has 0 spiro atoms. The van der Waals surface area contributed by atoms with Crippen molar-refractivity contribution in [2.45, 2.75) is 12.6 Å². The highest BCUT2D eigenvalue weighted by molar-refractivity contribution is 7.99. The minimum Gasteiger partial charge on any atom is -0.460 e. The normalized spacial score (nSPS) is 19.9. The Morgan fingerprint density at radius 1 is 1.47 bits per heavy atom. The molecule has 1 aliphatic heterocycles. The lowest BCUT2D eigenvalue weighted by Gasteiger charge is -2.21. The topological polar surface area (TPSA) is 38.3 Å². The number of thioether (sulfide) groups is 1. The van der Waals surface area contributed by atoms with Gasteiger partial charge in [-0.15, -0.1) is 0 Å². The van der Waals surface area contributed by atoms with E-state index >= 15 is 0 Å². The van der Waals surface area contributed by atoms with E-state index in [1.807, 2.05) is 12.1 Å². The Labute approximate surface area is 110 Å². The Bertz CT molecular complexity index is 377. The number of halogens is 1. The van der Waals surface area contributed by atoms with Crippen molar-refractivity contribution in [1.29, 1.82) is 0 Å².